The maximum atomic E-state index is 11.7. The molecule has 1 aliphatic rings. The van der Waals surface area contributed by atoms with Crippen LogP contribution in [0, 0.1) is 0 Å². The number of unbranched alkanes of at least 4 members (excludes halogenated alkanes) is 6. The first-order valence-corrected chi connectivity index (χ1v) is 7.20. The average molecular weight is 241 g/mol. The molecule has 3 nitrogen and oxygen atoms in total. The number of β-amino-alcohol motifs (C(OH)–C–C–N with tert-alkyl or cyclic N) is 1. The summed E-state index contributed by atoms with van der Waals surface area (Å²) < 4.78 is 0. The highest BCUT2D eigenvalue weighted by atomic mass is 16.3. The fraction of sp³-hybridized carbons (Fsp3) is 0.929. The highest BCUT2D eigenvalue weighted by Crippen LogP contribution is 2.13. The molecule has 0 unspecified atom stereocenters. The van der Waals surface area contributed by atoms with E-state index in [0.29, 0.717) is 13.0 Å². The first kappa shape index (κ1) is 14.5. The predicted molar refractivity (Wildman–Crippen MR) is 69.8 cm³/mol. The van der Waals surface area contributed by atoms with Gasteiger partial charge in [-0.1, -0.05) is 45.4 Å². The number of carbonyl (C=O) groups is 1. The van der Waals surface area contributed by atoms with Crippen molar-refractivity contribution in [3.63, 3.8) is 0 Å². The van der Waals surface area contributed by atoms with Crippen molar-refractivity contribution in [2.45, 2.75) is 70.8 Å². The van der Waals surface area contributed by atoms with Crippen LogP contribution < -0.4 is 0 Å². The number of hydrogen-bond acceptors (Lipinski definition) is 2. The first-order chi connectivity index (χ1) is 8.24. The highest BCUT2D eigenvalue weighted by Gasteiger charge is 2.23. The van der Waals surface area contributed by atoms with Crippen LogP contribution in [0.2, 0.25) is 0 Å². The molecule has 0 bridgehead atoms. The summed E-state index contributed by atoms with van der Waals surface area (Å²) in [7, 11) is 0. The lowest BCUT2D eigenvalue weighted by Gasteiger charge is -2.15. The van der Waals surface area contributed by atoms with Gasteiger partial charge in [-0.15, -0.1) is 0 Å². The Morgan fingerprint density at radius 3 is 2.41 bits per heavy atom. The molecule has 0 spiro atoms. The minimum absolute atomic E-state index is 0.232. The first-order valence-electron chi connectivity index (χ1n) is 7.20. The Labute approximate surface area is 105 Å². The standard InChI is InChI=1S/C14H27NO2/c1-2-3-4-5-6-7-8-9-14(17)15-11-10-13(16)12-15/h13,16H,2-12H2,1H3/t13-/m1/s1. The van der Waals surface area contributed by atoms with Gasteiger partial charge in [0.2, 0.25) is 5.91 Å². The van der Waals surface area contributed by atoms with Crippen molar-refractivity contribution in [3.05, 3.63) is 0 Å². The Hall–Kier alpha value is -0.570. The fourth-order valence-corrected chi connectivity index (χ4v) is 2.36. The smallest absolute Gasteiger partial charge is 0.222 e. The van der Waals surface area contributed by atoms with E-state index in [-0.39, 0.29) is 12.0 Å². The molecule has 0 aliphatic carbocycles. The summed E-state index contributed by atoms with van der Waals surface area (Å²) in [4.78, 5) is 13.5. The van der Waals surface area contributed by atoms with Gasteiger partial charge in [-0.3, -0.25) is 4.79 Å². The zero-order valence-electron chi connectivity index (χ0n) is 11.2. The van der Waals surface area contributed by atoms with Gasteiger partial charge in [0, 0.05) is 19.5 Å². The largest absolute Gasteiger partial charge is 0.391 e. The van der Waals surface area contributed by atoms with Crippen molar-refractivity contribution in [3.8, 4) is 0 Å². The quantitative estimate of drug-likeness (QED) is 0.664. The second kappa shape index (κ2) is 8.51. The fourth-order valence-electron chi connectivity index (χ4n) is 2.36. The van der Waals surface area contributed by atoms with Gasteiger partial charge >= 0.3 is 0 Å². The van der Waals surface area contributed by atoms with Gasteiger partial charge in [0.25, 0.3) is 0 Å². The van der Waals surface area contributed by atoms with Gasteiger partial charge < -0.3 is 10.0 Å². The molecular formula is C14H27NO2. The van der Waals surface area contributed by atoms with Crippen molar-refractivity contribution in [2.75, 3.05) is 13.1 Å². The third-order valence-corrected chi connectivity index (χ3v) is 3.51. The van der Waals surface area contributed by atoms with E-state index in [1.165, 1.54) is 38.5 Å². The van der Waals surface area contributed by atoms with Gasteiger partial charge in [-0.05, 0) is 12.8 Å². The Kier molecular flexibility index (Phi) is 7.25. The van der Waals surface area contributed by atoms with Crippen LogP contribution in [0.25, 0.3) is 0 Å². The Balaban J connectivity index is 1.93. The van der Waals surface area contributed by atoms with Crippen molar-refractivity contribution in [1.82, 2.24) is 4.90 Å². The second-order valence-corrected chi connectivity index (χ2v) is 5.15. The molecule has 1 atom stereocenters. The third-order valence-electron chi connectivity index (χ3n) is 3.51. The molecule has 0 aromatic carbocycles. The van der Waals surface area contributed by atoms with Crippen LogP contribution in [0.4, 0.5) is 0 Å². The number of aliphatic hydroxyl groups excluding tert-OH is 1. The monoisotopic (exact) mass is 241 g/mol. The third kappa shape index (κ3) is 6.06. The molecule has 1 fully saturated rings. The normalized spacial score (nSPS) is 19.9. The van der Waals surface area contributed by atoms with E-state index in [2.05, 4.69) is 6.92 Å². The molecule has 1 amide bonds. The minimum atomic E-state index is -0.284. The van der Waals surface area contributed by atoms with Crippen molar-refractivity contribution in [1.29, 1.82) is 0 Å². The molecule has 1 saturated heterocycles. The summed E-state index contributed by atoms with van der Waals surface area (Å²) >= 11 is 0. The van der Waals surface area contributed by atoms with E-state index < -0.39 is 0 Å². The van der Waals surface area contributed by atoms with Gasteiger partial charge in [0.1, 0.15) is 0 Å². The molecule has 1 aliphatic heterocycles. The number of nitrogens with zero attached hydrogens (tertiary/aromatic N) is 1. The van der Waals surface area contributed by atoms with Crippen LogP contribution in [0.1, 0.15) is 64.7 Å². The summed E-state index contributed by atoms with van der Waals surface area (Å²) in [5.41, 5.74) is 0. The molecule has 3 heteroatoms. The topological polar surface area (TPSA) is 40.5 Å². The van der Waals surface area contributed by atoms with Crippen LogP contribution in [0.3, 0.4) is 0 Å². The molecule has 1 heterocycles. The van der Waals surface area contributed by atoms with Gasteiger partial charge in [0.15, 0.2) is 0 Å². The van der Waals surface area contributed by atoms with E-state index in [9.17, 15) is 9.90 Å². The van der Waals surface area contributed by atoms with Crippen LogP contribution >= 0.6 is 0 Å². The Bertz CT molecular complexity index is 218. The van der Waals surface area contributed by atoms with E-state index in [0.717, 1.165) is 19.4 Å². The number of aliphatic hydroxyl groups is 1. The molecule has 17 heavy (non-hydrogen) atoms. The lowest BCUT2D eigenvalue weighted by molar-refractivity contribution is -0.130. The van der Waals surface area contributed by atoms with Gasteiger partial charge in [-0.25, -0.2) is 0 Å². The predicted octanol–water partition coefficient (Wildman–Crippen LogP) is 2.72. The minimum Gasteiger partial charge on any atom is -0.391 e. The van der Waals surface area contributed by atoms with E-state index in [1.54, 1.807) is 0 Å². The molecule has 0 aromatic heterocycles. The number of hydrogen-bond donors (Lipinski definition) is 1. The van der Waals surface area contributed by atoms with E-state index in [4.69, 9.17) is 0 Å². The summed E-state index contributed by atoms with van der Waals surface area (Å²) in [5, 5.41) is 9.35. The number of likely N-dealkylation sites (tertiary alicyclic amines) is 1. The van der Waals surface area contributed by atoms with Crippen LogP contribution in [-0.2, 0) is 4.79 Å². The summed E-state index contributed by atoms with van der Waals surface area (Å²) in [6.07, 6.45) is 9.85. The maximum Gasteiger partial charge on any atom is 0.222 e. The van der Waals surface area contributed by atoms with Gasteiger partial charge in [0.05, 0.1) is 6.10 Å². The zero-order chi connectivity index (χ0) is 12.5. The molecular weight excluding hydrogens is 214 g/mol. The summed E-state index contributed by atoms with van der Waals surface area (Å²) in [6.45, 7) is 3.52. The van der Waals surface area contributed by atoms with Crippen molar-refractivity contribution < 1.29 is 9.90 Å². The van der Waals surface area contributed by atoms with Crippen LogP contribution in [0.5, 0.6) is 0 Å². The lowest BCUT2D eigenvalue weighted by atomic mass is 10.1. The van der Waals surface area contributed by atoms with E-state index in [1.807, 2.05) is 4.90 Å². The number of rotatable bonds is 8. The number of carbonyl (C=O) groups excluding carboxylic acids is 1. The summed E-state index contributed by atoms with van der Waals surface area (Å²) in [6, 6.07) is 0. The molecule has 0 saturated carbocycles. The van der Waals surface area contributed by atoms with Crippen molar-refractivity contribution >= 4 is 5.91 Å². The molecule has 1 rings (SSSR count). The van der Waals surface area contributed by atoms with Crippen LogP contribution in [-0.4, -0.2) is 35.1 Å². The number of amides is 1. The second-order valence-electron chi connectivity index (χ2n) is 5.15. The lowest BCUT2D eigenvalue weighted by Crippen LogP contribution is -2.29. The zero-order valence-corrected chi connectivity index (χ0v) is 11.2. The van der Waals surface area contributed by atoms with Crippen molar-refractivity contribution in [2.24, 2.45) is 0 Å². The maximum absolute atomic E-state index is 11.7. The Morgan fingerprint density at radius 1 is 1.18 bits per heavy atom. The highest BCUT2D eigenvalue weighted by molar-refractivity contribution is 5.76. The molecule has 1 N–H and O–H groups in total. The SMILES string of the molecule is CCCCCCCCCC(=O)N1CC[C@@H](O)C1. The molecule has 100 valence electrons. The Morgan fingerprint density at radius 2 is 1.82 bits per heavy atom. The van der Waals surface area contributed by atoms with E-state index >= 15 is 0 Å². The summed E-state index contributed by atoms with van der Waals surface area (Å²) in [5.74, 6) is 0.232. The van der Waals surface area contributed by atoms with Gasteiger partial charge in [-0.2, -0.15) is 0 Å². The molecule has 0 radical (unpaired) electrons. The molecule has 0 aromatic rings. The van der Waals surface area contributed by atoms with Crippen LogP contribution in [0.15, 0.2) is 0 Å². The average Bonchev–Trinajstić information content (AvgIpc) is 2.74.